The summed E-state index contributed by atoms with van der Waals surface area (Å²) in [4.78, 5) is 62.5. The van der Waals surface area contributed by atoms with Crippen molar-refractivity contribution < 1.29 is 38.2 Å². The molecule has 5 N–H and O–H groups in total. The minimum atomic E-state index is -0.997. The van der Waals surface area contributed by atoms with E-state index in [4.69, 9.17) is 19.9 Å². The van der Waals surface area contributed by atoms with Crippen LogP contribution in [0.5, 0.6) is 0 Å². The van der Waals surface area contributed by atoms with Crippen LogP contribution in [0.2, 0.25) is 0 Å². The Hall–Kier alpha value is -3.39. The van der Waals surface area contributed by atoms with Crippen LogP contribution in [0.3, 0.4) is 0 Å². The number of carbonyl (C=O) groups excluding carboxylic acids is 5. The number of unbranched alkanes of at least 4 members (excludes halogenated alkanes) is 2. The first-order valence-corrected chi connectivity index (χ1v) is 13.2. The third-order valence-electron chi connectivity index (χ3n) is 6.20. The lowest BCUT2D eigenvalue weighted by atomic mass is 10.0. The number of nitrogens with zero attached hydrogens (tertiary/aromatic N) is 1. The number of fused-ring (bicyclic) bond motifs is 1. The number of nitrogens with two attached hydrogens (primary N) is 1. The first-order valence-electron chi connectivity index (χ1n) is 13.2. The van der Waals surface area contributed by atoms with Crippen molar-refractivity contribution in [2.45, 2.75) is 38.1 Å². The summed E-state index contributed by atoms with van der Waals surface area (Å²) in [6.07, 6.45) is 2.57. The highest BCUT2D eigenvalue weighted by atomic mass is 16.5. The molecular formula is C26H37N5O8. The van der Waals surface area contributed by atoms with Gasteiger partial charge < -0.3 is 30.6 Å². The topological polar surface area (TPSA) is 178 Å². The molecule has 0 aliphatic carbocycles. The molecule has 214 valence electrons. The Kier molecular flexibility index (Phi) is 12.3. The van der Waals surface area contributed by atoms with Crippen molar-refractivity contribution in [2.24, 2.45) is 5.73 Å². The van der Waals surface area contributed by atoms with Crippen LogP contribution >= 0.6 is 0 Å². The number of piperidine rings is 1. The average molecular weight is 548 g/mol. The van der Waals surface area contributed by atoms with Crippen LogP contribution < -0.4 is 21.7 Å². The van der Waals surface area contributed by atoms with Gasteiger partial charge in [-0.15, -0.1) is 0 Å². The van der Waals surface area contributed by atoms with Crippen molar-refractivity contribution in [1.29, 1.82) is 0 Å². The van der Waals surface area contributed by atoms with Crippen LogP contribution in [0.4, 0.5) is 5.69 Å². The second-order valence-corrected chi connectivity index (χ2v) is 9.08. The number of ether oxygens (including phenoxy) is 3. The normalized spacial score (nSPS) is 16.8. The fraction of sp³-hybridized carbons (Fsp3) is 0.577. The Bertz CT molecular complexity index is 1030. The Morgan fingerprint density at radius 1 is 0.949 bits per heavy atom. The molecular weight excluding hydrogens is 510 g/mol. The van der Waals surface area contributed by atoms with Gasteiger partial charge >= 0.3 is 0 Å². The molecule has 3 rings (SSSR count). The molecule has 0 bridgehead atoms. The van der Waals surface area contributed by atoms with Gasteiger partial charge in [0.15, 0.2) is 0 Å². The number of imide groups is 2. The molecule has 13 nitrogen and oxygen atoms in total. The Labute approximate surface area is 227 Å². The number of amides is 5. The molecule has 1 unspecified atom stereocenters. The number of hydrogen-bond donors (Lipinski definition) is 4. The van der Waals surface area contributed by atoms with Gasteiger partial charge in [0, 0.05) is 31.7 Å². The third-order valence-corrected chi connectivity index (χ3v) is 6.20. The van der Waals surface area contributed by atoms with Crippen LogP contribution in [0.25, 0.3) is 0 Å². The summed E-state index contributed by atoms with van der Waals surface area (Å²) >= 11 is 0. The van der Waals surface area contributed by atoms with Gasteiger partial charge in [-0.3, -0.25) is 34.2 Å². The van der Waals surface area contributed by atoms with Crippen molar-refractivity contribution in [2.75, 3.05) is 64.6 Å². The zero-order valence-electron chi connectivity index (χ0n) is 22.0. The molecule has 1 aromatic carbocycles. The second kappa shape index (κ2) is 15.9. The lowest BCUT2D eigenvalue weighted by Gasteiger charge is -2.27. The smallest absolute Gasteiger partial charge is 0.264 e. The van der Waals surface area contributed by atoms with Gasteiger partial charge in [-0.2, -0.15) is 0 Å². The number of anilines is 1. The number of carbonyl (C=O) groups is 5. The Morgan fingerprint density at radius 2 is 1.67 bits per heavy atom. The predicted molar refractivity (Wildman–Crippen MR) is 140 cm³/mol. The second-order valence-electron chi connectivity index (χ2n) is 9.08. The highest BCUT2D eigenvalue weighted by Gasteiger charge is 2.45. The number of hydrogen-bond acceptors (Lipinski definition) is 10. The van der Waals surface area contributed by atoms with E-state index in [9.17, 15) is 24.0 Å². The minimum absolute atomic E-state index is 0.0315. The van der Waals surface area contributed by atoms with E-state index in [0.717, 1.165) is 24.2 Å². The quantitative estimate of drug-likeness (QED) is 0.142. The zero-order chi connectivity index (χ0) is 28.0. The standard InChI is InChI=1S/C26H37N5O8/c27-9-12-37-13-14-38-15-16-39-17-22(33)29-11-3-1-2-10-28-19-6-4-5-18-23(19)26(36)31(25(18)35)20-7-8-21(32)30-24(20)34/h4-6,20,28H,1-3,7-17,27H2,(H,29,33)(H,30,32,34). The highest BCUT2D eigenvalue weighted by molar-refractivity contribution is 6.25. The minimum Gasteiger partial charge on any atom is -0.384 e. The van der Waals surface area contributed by atoms with Gasteiger partial charge in [0.25, 0.3) is 11.8 Å². The van der Waals surface area contributed by atoms with Gasteiger partial charge in [-0.05, 0) is 37.8 Å². The molecule has 0 spiro atoms. The molecule has 2 aliphatic heterocycles. The number of benzene rings is 1. The monoisotopic (exact) mass is 547 g/mol. The van der Waals surface area contributed by atoms with Crippen molar-refractivity contribution in [1.82, 2.24) is 15.5 Å². The number of rotatable bonds is 18. The van der Waals surface area contributed by atoms with Gasteiger partial charge in [0.2, 0.25) is 17.7 Å². The SMILES string of the molecule is NCCOCCOCCOCC(=O)NCCCCCNc1cccc2c1C(=O)N(C1CCC(=O)NC1=O)C2=O. The van der Waals surface area contributed by atoms with Crippen molar-refractivity contribution in [3.63, 3.8) is 0 Å². The lowest BCUT2D eigenvalue weighted by molar-refractivity contribution is -0.136. The lowest BCUT2D eigenvalue weighted by Crippen LogP contribution is -2.54. The molecule has 5 amide bonds. The summed E-state index contributed by atoms with van der Waals surface area (Å²) in [5.74, 6) is -2.31. The third kappa shape index (κ3) is 8.82. The van der Waals surface area contributed by atoms with E-state index in [-0.39, 0.29) is 36.5 Å². The van der Waals surface area contributed by atoms with Gasteiger partial charge in [0.05, 0.1) is 44.2 Å². The predicted octanol–water partition coefficient (Wildman–Crippen LogP) is -0.205. The summed E-state index contributed by atoms with van der Waals surface area (Å²) in [5, 5.41) is 8.21. The molecule has 2 aliphatic rings. The van der Waals surface area contributed by atoms with Crippen LogP contribution in [-0.4, -0.2) is 99.8 Å². The maximum absolute atomic E-state index is 13.1. The molecule has 39 heavy (non-hydrogen) atoms. The van der Waals surface area contributed by atoms with E-state index in [2.05, 4.69) is 16.0 Å². The maximum Gasteiger partial charge on any atom is 0.264 e. The van der Waals surface area contributed by atoms with E-state index in [1.807, 2.05) is 0 Å². The van der Waals surface area contributed by atoms with Gasteiger partial charge in [-0.1, -0.05) is 6.07 Å². The zero-order valence-corrected chi connectivity index (χ0v) is 22.0. The molecule has 1 fully saturated rings. The fourth-order valence-electron chi connectivity index (χ4n) is 4.28. The molecule has 1 saturated heterocycles. The van der Waals surface area contributed by atoms with E-state index >= 15 is 0 Å². The summed E-state index contributed by atoms with van der Waals surface area (Å²) in [6, 6.07) is 3.97. The van der Waals surface area contributed by atoms with Crippen molar-refractivity contribution >= 4 is 35.2 Å². The first kappa shape index (κ1) is 30.2. The first-order chi connectivity index (χ1) is 18.9. The van der Waals surface area contributed by atoms with Crippen LogP contribution in [0.1, 0.15) is 52.8 Å². The van der Waals surface area contributed by atoms with E-state index in [1.165, 1.54) is 0 Å². The van der Waals surface area contributed by atoms with Crippen molar-refractivity contribution in [3.8, 4) is 0 Å². The average Bonchev–Trinajstić information content (AvgIpc) is 3.17. The molecule has 1 aromatic rings. The maximum atomic E-state index is 13.1. The fourth-order valence-corrected chi connectivity index (χ4v) is 4.28. The van der Waals surface area contributed by atoms with Gasteiger partial charge in [-0.25, -0.2) is 0 Å². The van der Waals surface area contributed by atoms with E-state index in [0.29, 0.717) is 58.4 Å². The molecule has 0 radical (unpaired) electrons. The van der Waals surface area contributed by atoms with Gasteiger partial charge in [0.1, 0.15) is 12.6 Å². The Morgan fingerprint density at radius 3 is 2.41 bits per heavy atom. The van der Waals surface area contributed by atoms with Crippen LogP contribution in [0.15, 0.2) is 18.2 Å². The molecule has 2 heterocycles. The highest BCUT2D eigenvalue weighted by Crippen LogP contribution is 2.32. The summed E-state index contributed by atoms with van der Waals surface area (Å²) in [6.45, 7) is 3.65. The van der Waals surface area contributed by atoms with Crippen molar-refractivity contribution in [3.05, 3.63) is 29.3 Å². The summed E-state index contributed by atoms with van der Waals surface area (Å²) in [7, 11) is 0. The Balaban J connectivity index is 1.29. The summed E-state index contributed by atoms with van der Waals surface area (Å²) in [5.41, 5.74) is 6.32. The summed E-state index contributed by atoms with van der Waals surface area (Å²) < 4.78 is 15.8. The van der Waals surface area contributed by atoms with Crippen LogP contribution in [0, 0.1) is 0 Å². The molecule has 1 atom stereocenters. The van der Waals surface area contributed by atoms with E-state index < -0.39 is 29.7 Å². The molecule has 0 saturated carbocycles. The van der Waals surface area contributed by atoms with Crippen LogP contribution in [-0.2, 0) is 28.6 Å². The largest absolute Gasteiger partial charge is 0.384 e. The number of nitrogens with one attached hydrogen (secondary N) is 3. The molecule has 13 heteroatoms. The molecule has 0 aromatic heterocycles. The van der Waals surface area contributed by atoms with E-state index in [1.54, 1.807) is 18.2 Å².